The molecule has 0 radical (unpaired) electrons. The average Bonchev–Trinajstić information content (AvgIpc) is 3.77. The highest BCUT2D eigenvalue weighted by atomic mass is 16.5. The van der Waals surface area contributed by atoms with Gasteiger partial charge in [-0.1, -0.05) is 98.8 Å². The molecular formula is C36H37N7O5. The molecule has 246 valence electrons. The van der Waals surface area contributed by atoms with E-state index in [1.54, 1.807) is 18.2 Å². The van der Waals surface area contributed by atoms with E-state index < -0.39 is 12.0 Å². The van der Waals surface area contributed by atoms with Gasteiger partial charge >= 0.3 is 11.9 Å². The summed E-state index contributed by atoms with van der Waals surface area (Å²) >= 11 is 0. The number of hydrogen-bond acceptors (Lipinski definition) is 9. The largest absolute Gasteiger partial charge is 0.478 e. The van der Waals surface area contributed by atoms with Crippen molar-refractivity contribution in [3.05, 3.63) is 114 Å². The van der Waals surface area contributed by atoms with Gasteiger partial charge in [-0.15, -0.1) is 10.2 Å². The summed E-state index contributed by atoms with van der Waals surface area (Å²) in [6.07, 6.45) is 0. The van der Waals surface area contributed by atoms with Crippen LogP contribution in [0.2, 0.25) is 0 Å². The third-order valence-electron chi connectivity index (χ3n) is 7.57. The maximum absolute atomic E-state index is 11.8. The molecule has 2 heterocycles. The van der Waals surface area contributed by atoms with Gasteiger partial charge in [0, 0.05) is 5.56 Å². The van der Waals surface area contributed by atoms with E-state index in [1.807, 2.05) is 104 Å². The second-order valence-corrected chi connectivity index (χ2v) is 11.2. The van der Waals surface area contributed by atoms with E-state index in [0.29, 0.717) is 42.6 Å². The third kappa shape index (κ3) is 7.91. The minimum atomic E-state index is -1.00. The Morgan fingerprint density at radius 1 is 0.896 bits per heavy atom. The molecule has 0 aliphatic rings. The van der Waals surface area contributed by atoms with Gasteiger partial charge in [-0.2, -0.15) is 10.2 Å². The zero-order valence-electron chi connectivity index (χ0n) is 26.9. The molecule has 2 aromatic heterocycles. The summed E-state index contributed by atoms with van der Waals surface area (Å²) in [6, 6.07) is 30.4. The van der Waals surface area contributed by atoms with E-state index >= 15 is 0 Å². The molecule has 6 rings (SSSR count). The van der Waals surface area contributed by atoms with Crippen LogP contribution in [0.3, 0.4) is 0 Å². The Morgan fingerprint density at radius 2 is 1.60 bits per heavy atom. The predicted molar refractivity (Wildman–Crippen MR) is 181 cm³/mol. The molecule has 0 saturated carbocycles. The minimum absolute atomic E-state index is 0.105. The number of H-pyrrole nitrogens is 1. The highest BCUT2D eigenvalue weighted by Gasteiger charge is 2.20. The van der Waals surface area contributed by atoms with Crippen molar-refractivity contribution in [1.82, 2.24) is 30.2 Å². The number of aromatic nitrogens is 6. The molecule has 6 aromatic rings. The van der Waals surface area contributed by atoms with Crippen LogP contribution in [0.5, 0.6) is 6.01 Å². The van der Waals surface area contributed by atoms with E-state index in [0.717, 1.165) is 27.8 Å². The number of esters is 1. The van der Waals surface area contributed by atoms with Gasteiger partial charge in [0.1, 0.15) is 12.6 Å². The topological polar surface area (TPSA) is 171 Å². The summed E-state index contributed by atoms with van der Waals surface area (Å²) < 4.78 is 12.6. The molecule has 0 saturated heterocycles. The molecule has 4 aromatic carbocycles. The van der Waals surface area contributed by atoms with Crippen molar-refractivity contribution in [3.63, 3.8) is 0 Å². The van der Waals surface area contributed by atoms with Gasteiger partial charge < -0.3 is 20.3 Å². The van der Waals surface area contributed by atoms with Crippen LogP contribution in [0.15, 0.2) is 97.1 Å². The number of aromatic amines is 1. The summed E-state index contributed by atoms with van der Waals surface area (Å²) in [5.41, 5.74) is 11.8. The zero-order valence-corrected chi connectivity index (χ0v) is 26.9. The number of carbonyl (C=O) groups excluding carboxylic acids is 1. The number of benzene rings is 4. The predicted octanol–water partition coefficient (Wildman–Crippen LogP) is 5.74. The number of imidazole rings is 1. The van der Waals surface area contributed by atoms with Crippen LogP contribution in [0.4, 0.5) is 0 Å². The van der Waals surface area contributed by atoms with Gasteiger partial charge in [0.2, 0.25) is 5.82 Å². The maximum atomic E-state index is 11.8. The van der Waals surface area contributed by atoms with E-state index in [-0.39, 0.29) is 17.5 Å². The Hall–Kier alpha value is -5.88. The number of tetrazole rings is 1. The van der Waals surface area contributed by atoms with Crippen molar-refractivity contribution in [3.8, 4) is 28.5 Å². The fourth-order valence-corrected chi connectivity index (χ4v) is 5.00. The van der Waals surface area contributed by atoms with Gasteiger partial charge in [-0.05, 0) is 52.4 Å². The van der Waals surface area contributed by atoms with Crippen LogP contribution in [-0.2, 0) is 22.7 Å². The summed E-state index contributed by atoms with van der Waals surface area (Å²) in [5.74, 6) is -0.706. The molecule has 12 nitrogen and oxygen atoms in total. The molecular weight excluding hydrogens is 610 g/mol. The number of rotatable bonds is 11. The van der Waals surface area contributed by atoms with Gasteiger partial charge in [0.05, 0.1) is 29.7 Å². The van der Waals surface area contributed by atoms with Crippen molar-refractivity contribution in [2.75, 3.05) is 6.61 Å². The lowest BCUT2D eigenvalue weighted by Gasteiger charge is -2.14. The normalized spacial score (nSPS) is 11.5. The number of nitrogens with one attached hydrogen (secondary N) is 1. The average molecular weight is 648 g/mol. The first-order valence-electron chi connectivity index (χ1n) is 15.5. The first-order chi connectivity index (χ1) is 23.3. The highest BCUT2D eigenvalue weighted by molar-refractivity contribution is 6.01. The fourth-order valence-electron chi connectivity index (χ4n) is 5.00. The molecule has 0 aliphatic carbocycles. The van der Waals surface area contributed by atoms with Crippen molar-refractivity contribution in [2.45, 2.75) is 40.0 Å². The molecule has 1 atom stereocenters. The molecule has 4 N–H and O–H groups in total. The Morgan fingerprint density at radius 3 is 2.25 bits per heavy atom. The second kappa shape index (κ2) is 15.6. The fraction of sp³-hybridized carbons (Fsp3) is 0.222. The first-order valence-corrected chi connectivity index (χ1v) is 15.5. The SMILES string of the molecule is CC(C)C(N)C(=O)OCc1ccccc1.CCOc1nc2cccc(C(=O)O)c2n1Cc1ccc(-c2ccccc2-c2nn[nH]n2)cc1. The molecule has 0 aliphatic heterocycles. The number of carbonyl (C=O) groups is 2. The first kappa shape index (κ1) is 33.5. The number of para-hydroxylation sites is 1. The minimum Gasteiger partial charge on any atom is -0.478 e. The maximum Gasteiger partial charge on any atom is 0.337 e. The summed E-state index contributed by atoms with van der Waals surface area (Å²) in [4.78, 5) is 27.7. The number of carboxylic acid groups (broad SMARTS) is 1. The van der Waals surface area contributed by atoms with E-state index in [1.165, 1.54) is 0 Å². The molecule has 0 amide bonds. The van der Waals surface area contributed by atoms with Crippen molar-refractivity contribution in [1.29, 1.82) is 0 Å². The van der Waals surface area contributed by atoms with Gasteiger partial charge in [0.15, 0.2) is 0 Å². The van der Waals surface area contributed by atoms with E-state index in [4.69, 9.17) is 15.2 Å². The molecule has 48 heavy (non-hydrogen) atoms. The van der Waals surface area contributed by atoms with Crippen LogP contribution in [0.25, 0.3) is 33.5 Å². The van der Waals surface area contributed by atoms with Crippen molar-refractivity contribution < 1.29 is 24.2 Å². The van der Waals surface area contributed by atoms with Gasteiger partial charge in [-0.25, -0.2) is 4.79 Å². The summed E-state index contributed by atoms with van der Waals surface area (Å²) in [6.45, 7) is 6.81. The number of nitrogens with zero attached hydrogens (tertiary/aromatic N) is 5. The highest BCUT2D eigenvalue weighted by Crippen LogP contribution is 2.31. The van der Waals surface area contributed by atoms with Crippen LogP contribution >= 0.6 is 0 Å². The summed E-state index contributed by atoms with van der Waals surface area (Å²) in [7, 11) is 0. The van der Waals surface area contributed by atoms with Crippen LogP contribution < -0.4 is 10.5 Å². The monoisotopic (exact) mass is 647 g/mol. The molecule has 0 fully saturated rings. The molecule has 1 unspecified atom stereocenters. The lowest BCUT2D eigenvalue weighted by atomic mass is 9.98. The van der Waals surface area contributed by atoms with Crippen molar-refractivity contribution in [2.24, 2.45) is 11.7 Å². The van der Waals surface area contributed by atoms with Crippen LogP contribution in [0, 0.1) is 5.92 Å². The second-order valence-electron chi connectivity index (χ2n) is 11.2. The van der Waals surface area contributed by atoms with E-state index in [2.05, 4.69) is 25.6 Å². The molecule has 0 spiro atoms. The Balaban J connectivity index is 0.000000253. The number of hydrogen-bond donors (Lipinski definition) is 3. The van der Waals surface area contributed by atoms with Crippen LogP contribution in [-0.4, -0.2) is 59.9 Å². The summed E-state index contributed by atoms with van der Waals surface area (Å²) in [5, 5.41) is 24.0. The Bertz CT molecular complexity index is 1960. The Labute approximate surface area is 277 Å². The lowest BCUT2D eigenvalue weighted by Crippen LogP contribution is -2.36. The number of aromatic carboxylic acids is 1. The molecule has 0 bridgehead atoms. The van der Waals surface area contributed by atoms with Crippen molar-refractivity contribution >= 4 is 23.0 Å². The van der Waals surface area contributed by atoms with Gasteiger partial charge in [0.25, 0.3) is 6.01 Å². The zero-order chi connectivity index (χ0) is 34.0. The number of fused-ring (bicyclic) bond motifs is 1. The molecule has 12 heteroatoms. The lowest BCUT2D eigenvalue weighted by molar-refractivity contribution is -0.147. The van der Waals surface area contributed by atoms with E-state index in [9.17, 15) is 14.7 Å². The quantitative estimate of drug-likeness (QED) is 0.147. The van der Waals surface area contributed by atoms with Gasteiger partial charge in [-0.3, -0.25) is 9.36 Å². The number of ether oxygens (including phenoxy) is 2. The number of carboxylic acids is 1. The number of nitrogens with two attached hydrogens (primary N) is 1. The Kier molecular flexibility index (Phi) is 10.9. The smallest absolute Gasteiger partial charge is 0.337 e. The third-order valence-corrected chi connectivity index (χ3v) is 7.57. The standard InChI is InChI=1S/C24H20N6O3.C12H17NO2/c1-2-33-24-25-20-9-5-8-19(23(31)32)21(20)30(24)14-15-10-12-16(13-11-15)17-6-3-4-7-18(17)22-26-28-29-27-22;1-9(2)11(13)12(14)15-8-10-6-4-3-5-7-10/h3-13H,2,14H2,1H3,(H,31,32)(H,26,27,28,29);3-7,9,11H,8,13H2,1-2H3. The van der Waals surface area contributed by atoms with Crippen LogP contribution in [0.1, 0.15) is 42.3 Å².